The molecule has 3 aliphatic heterocycles. The van der Waals surface area contributed by atoms with E-state index in [4.69, 9.17) is 4.74 Å². The van der Waals surface area contributed by atoms with Crippen LogP contribution < -0.4 is 0 Å². The van der Waals surface area contributed by atoms with Gasteiger partial charge < -0.3 is 19.6 Å². The lowest BCUT2D eigenvalue weighted by Crippen LogP contribution is -2.57. The first-order valence-corrected chi connectivity index (χ1v) is 16.0. The molecule has 5 atom stereocenters. The minimum atomic E-state index is -0.604. The van der Waals surface area contributed by atoms with Crippen LogP contribution in [0.2, 0.25) is 0 Å². The number of unbranched alkanes of at least 4 members (excludes halogenated alkanes) is 4. The standard InChI is InChI=1S/C31H48N2O5S/c1-4-6-14-22-38-29(37)25-24-27(35)33(20-12-7-8-13-21-34)26(31(24)18-17-30(25,3)39-31)28(36)32(19-5-2)23-15-10-9-11-16-23/h4-5,23-26,34H,1-2,6-22H2,3H3/t24-,25+,26?,30-,31?/m0/s1. The molecule has 2 unspecified atom stereocenters. The van der Waals surface area contributed by atoms with Gasteiger partial charge in [-0.2, -0.15) is 0 Å². The molecule has 218 valence electrons. The highest BCUT2D eigenvalue weighted by molar-refractivity contribution is 8.02. The van der Waals surface area contributed by atoms with Gasteiger partial charge in [-0.1, -0.05) is 44.3 Å². The summed E-state index contributed by atoms with van der Waals surface area (Å²) in [4.78, 5) is 46.2. The third-order valence-electron chi connectivity index (χ3n) is 9.49. The van der Waals surface area contributed by atoms with E-state index in [-0.39, 0.29) is 30.4 Å². The first-order chi connectivity index (χ1) is 18.8. The number of rotatable bonds is 15. The molecule has 1 saturated carbocycles. The Balaban J connectivity index is 1.64. The maximum absolute atomic E-state index is 14.6. The first-order valence-electron chi connectivity index (χ1n) is 15.1. The SMILES string of the molecule is C=CCCCOC(=O)[C@H]1[C@H]2C(=O)N(CCCCCCO)C(C(=O)N(CC=C)C3CCCCC3)C23CC[C@]1(C)S3. The van der Waals surface area contributed by atoms with Gasteiger partial charge in [-0.05, 0) is 58.3 Å². The van der Waals surface area contributed by atoms with E-state index in [9.17, 15) is 19.5 Å². The summed E-state index contributed by atoms with van der Waals surface area (Å²) in [6.07, 6.45) is 15.4. The van der Waals surface area contributed by atoms with Crippen molar-refractivity contribution in [2.45, 2.75) is 112 Å². The second-order valence-corrected chi connectivity index (χ2v) is 14.0. The second kappa shape index (κ2) is 13.2. The molecular weight excluding hydrogens is 512 g/mol. The smallest absolute Gasteiger partial charge is 0.311 e. The number of carbonyl (C=O) groups excluding carboxylic acids is 3. The highest BCUT2D eigenvalue weighted by Crippen LogP contribution is 2.71. The molecule has 39 heavy (non-hydrogen) atoms. The number of likely N-dealkylation sites (tertiary alicyclic amines) is 1. The van der Waals surface area contributed by atoms with Crippen LogP contribution in [-0.2, 0) is 19.1 Å². The van der Waals surface area contributed by atoms with Crippen LogP contribution in [0.3, 0.4) is 0 Å². The Bertz CT molecular complexity index is 921. The fourth-order valence-electron chi connectivity index (χ4n) is 7.65. The largest absolute Gasteiger partial charge is 0.465 e. The molecule has 0 aromatic heterocycles. The molecule has 2 bridgehead atoms. The summed E-state index contributed by atoms with van der Waals surface area (Å²) in [5.41, 5.74) is 0. The van der Waals surface area contributed by atoms with Gasteiger partial charge in [-0.25, -0.2) is 0 Å². The fraction of sp³-hybridized carbons (Fsp3) is 0.774. The predicted molar refractivity (Wildman–Crippen MR) is 155 cm³/mol. The van der Waals surface area contributed by atoms with Crippen molar-refractivity contribution in [3.8, 4) is 0 Å². The Hall–Kier alpha value is -1.80. The average molecular weight is 561 g/mol. The molecule has 8 heteroatoms. The number of hydrogen-bond acceptors (Lipinski definition) is 6. The Morgan fingerprint density at radius 1 is 1.10 bits per heavy atom. The molecule has 7 nitrogen and oxygen atoms in total. The number of aliphatic hydroxyl groups excluding tert-OH is 1. The molecule has 1 N–H and O–H groups in total. The molecule has 0 aromatic rings. The Labute approximate surface area is 238 Å². The summed E-state index contributed by atoms with van der Waals surface area (Å²) < 4.78 is 4.72. The lowest BCUT2D eigenvalue weighted by atomic mass is 9.66. The summed E-state index contributed by atoms with van der Waals surface area (Å²) in [5, 5.41) is 9.17. The van der Waals surface area contributed by atoms with Gasteiger partial charge in [0.25, 0.3) is 0 Å². The van der Waals surface area contributed by atoms with Crippen molar-refractivity contribution >= 4 is 29.5 Å². The zero-order valence-corrected chi connectivity index (χ0v) is 24.6. The molecule has 0 radical (unpaired) electrons. The fourth-order valence-corrected chi connectivity index (χ4v) is 9.99. The van der Waals surface area contributed by atoms with Gasteiger partial charge in [-0.15, -0.1) is 24.9 Å². The number of fused-ring (bicyclic) bond motifs is 1. The monoisotopic (exact) mass is 560 g/mol. The molecule has 1 aliphatic carbocycles. The predicted octanol–water partition coefficient (Wildman–Crippen LogP) is 4.88. The highest BCUT2D eigenvalue weighted by Gasteiger charge is 2.77. The van der Waals surface area contributed by atoms with Crippen molar-refractivity contribution in [3.63, 3.8) is 0 Å². The van der Waals surface area contributed by atoms with Crippen LogP contribution in [0.5, 0.6) is 0 Å². The zero-order valence-electron chi connectivity index (χ0n) is 23.8. The third-order valence-corrected chi connectivity index (χ3v) is 11.5. The number of carbonyl (C=O) groups is 3. The van der Waals surface area contributed by atoms with E-state index in [0.717, 1.165) is 70.6 Å². The summed E-state index contributed by atoms with van der Waals surface area (Å²) >= 11 is 1.72. The van der Waals surface area contributed by atoms with Crippen LogP contribution in [0.4, 0.5) is 0 Å². The van der Waals surface area contributed by atoms with Gasteiger partial charge in [0.2, 0.25) is 11.8 Å². The van der Waals surface area contributed by atoms with Gasteiger partial charge in [0.15, 0.2) is 0 Å². The van der Waals surface area contributed by atoms with Crippen molar-refractivity contribution in [2.24, 2.45) is 11.8 Å². The van der Waals surface area contributed by atoms with E-state index in [2.05, 4.69) is 20.1 Å². The van der Waals surface area contributed by atoms with Gasteiger partial charge in [-0.3, -0.25) is 14.4 Å². The van der Waals surface area contributed by atoms with Gasteiger partial charge in [0, 0.05) is 30.5 Å². The van der Waals surface area contributed by atoms with Crippen molar-refractivity contribution < 1.29 is 24.2 Å². The number of hydrogen-bond donors (Lipinski definition) is 1. The number of thioether (sulfide) groups is 1. The van der Waals surface area contributed by atoms with Crippen LogP contribution >= 0.6 is 11.8 Å². The third kappa shape index (κ3) is 5.83. The molecule has 4 rings (SSSR count). The molecule has 2 amide bonds. The molecule has 3 heterocycles. The second-order valence-electron chi connectivity index (χ2n) is 12.1. The van der Waals surface area contributed by atoms with E-state index >= 15 is 0 Å². The topological polar surface area (TPSA) is 87.1 Å². The number of nitrogens with zero attached hydrogens (tertiary/aromatic N) is 2. The lowest BCUT2D eigenvalue weighted by molar-refractivity contribution is -0.155. The minimum Gasteiger partial charge on any atom is -0.465 e. The molecule has 0 aromatic carbocycles. The Morgan fingerprint density at radius 3 is 2.54 bits per heavy atom. The maximum Gasteiger partial charge on any atom is 0.311 e. The zero-order chi connectivity index (χ0) is 28.0. The van der Waals surface area contributed by atoms with Gasteiger partial charge in [0.05, 0.1) is 23.2 Å². The van der Waals surface area contributed by atoms with Gasteiger partial charge >= 0.3 is 5.97 Å². The van der Waals surface area contributed by atoms with Crippen molar-refractivity contribution in [1.29, 1.82) is 0 Å². The maximum atomic E-state index is 14.6. The number of aliphatic hydroxyl groups is 1. The number of esters is 1. The van der Waals surface area contributed by atoms with Crippen LogP contribution in [0.1, 0.15) is 90.4 Å². The summed E-state index contributed by atoms with van der Waals surface area (Å²) in [7, 11) is 0. The van der Waals surface area contributed by atoms with Crippen LogP contribution in [0.15, 0.2) is 25.3 Å². The molecule has 4 aliphatic rings. The molecule has 1 spiro atoms. The van der Waals surface area contributed by atoms with Crippen LogP contribution in [0, 0.1) is 11.8 Å². The van der Waals surface area contributed by atoms with E-state index in [0.29, 0.717) is 26.1 Å². The van der Waals surface area contributed by atoms with Crippen LogP contribution in [0.25, 0.3) is 0 Å². The molecule has 4 fully saturated rings. The Morgan fingerprint density at radius 2 is 1.85 bits per heavy atom. The number of amides is 2. The van der Waals surface area contributed by atoms with Crippen molar-refractivity contribution in [2.75, 3.05) is 26.3 Å². The normalized spacial score (nSPS) is 31.8. The quantitative estimate of drug-likeness (QED) is 0.175. The van der Waals surface area contributed by atoms with Crippen LogP contribution in [-0.4, -0.2) is 80.6 Å². The number of ether oxygens (including phenoxy) is 1. The Kier molecular flexibility index (Phi) is 10.2. The van der Waals surface area contributed by atoms with Crippen molar-refractivity contribution in [3.05, 3.63) is 25.3 Å². The van der Waals surface area contributed by atoms with E-state index in [1.165, 1.54) is 6.42 Å². The minimum absolute atomic E-state index is 0.0322. The molecular formula is C31H48N2O5S. The van der Waals surface area contributed by atoms with Gasteiger partial charge in [0.1, 0.15) is 6.04 Å². The van der Waals surface area contributed by atoms with E-state index in [1.54, 1.807) is 11.8 Å². The summed E-state index contributed by atoms with van der Waals surface area (Å²) in [6, 6.07) is -0.397. The first kappa shape index (κ1) is 30.2. The van der Waals surface area contributed by atoms with E-state index in [1.807, 2.05) is 22.0 Å². The average Bonchev–Trinajstić information content (AvgIpc) is 3.50. The van der Waals surface area contributed by atoms with Crippen molar-refractivity contribution in [1.82, 2.24) is 9.80 Å². The highest BCUT2D eigenvalue weighted by atomic mass is 32.2. The summed E-state index contributed by atoms with van der Waals surface area (Å²) in [6.45, 7) is 11.3. The summed E-state index contributed by atoms with van der Waals surface area (Å²) in [5.74, 6) is -1.38. The van der Waals surface area contributed by atoms with E-state index < -0.39 is 27.4 Å². The number of allylic oxidation sites excluding steroid dienone is 1. The lowest BCUT2D eigenvalue weighted by Gasteiger charge is -2.41. The molecule has 3 saturated heterocycles.